The fraction of sp³-hybridized carbons (Fsp3) is 0.455. The number of rotatable bonds is 8. The van der Waals surface area contributed by atoms with Gasteiger partial charge in [-0.2, -0.15) is 0 Å². The smallest absolute Gasteiger partial charge is 0.254 e. The maximum Gasteiger partial charge on any atom is 0.254 e. The Bertz CT molecular complexity index is 778. The highest BCUT2D eigenvalue weighted by atomic mass is 16.2. The predicted molar refractivity (Wildman–Crippen MR) is 106 cm³/mol. The normalized spacial score (nSPS) is 13.6. The van der Waals surface area contributed by atoms with Crippen LogP contribution in [0, 0.1) is 5.92 Å². The number of amides is 2. The number of carbonyl (C=O) groups is 2. The van der Waals surface area contributed by atoms with Crippen molar-refractivity contribution in [3.63, 3.8) is 0 Å². The lowest BCUT2D eigenvalue weighted by molar-refractivity contribution is -0.133. The first kappa shape index (κ1) is 19.2. The molecule has 1 aromatic carbocycles. The molecule has 2 amide bonds. The Morgan fingerprint density at radius 2 is 1.81 bits per heavy atom. The quantitative estimate of drug-likeness (QED) is 0.718. The summed E-state index contributed by atoms with van der Waals surface area (Å²) in [5, 5.41) is 0. The molecule has 5 heteroatoms. The molecule has 0 bridgehead atoms. The van der Waals surface area contributed by atoms with Gasteiger partial charge in [-0.25, -0.2) is 0 Å². The molecule has 144 valence electrons. The molecule has 0 unspecified atom stereocenters. The van der Waals surface area contributed by atoms with E-state index in [-0.39, 0.29) is 18.4 Å². The van der Waals surface area contributed by atoms with E-state index in [9.17, 15) is 9.59 Å². The highest BCUT2D eigenvalue weighted by Gasteiger charge is 2.34. The fourth-order valence-corrected chi connectivity index (χ4v) is 3.32. The van der Waals surface area contributed by atoms with Crippen molar-refractivity contribution >= 4 is 11.8 Å². The summed E-state index contributed by atoms with van der Waals surface area (Å²) in [5.41, 5.74) is 1.74. The summed E-state index contributed by atoms with van der Waals surface area (Å²) in [7, 11) is 1.99. The third kappa shape index (κ3) is 5.00. The van der Waals surface area contributed by atoms with Gasteiger partial charge in [0, 0.05) is 37.1 Å². The molecule has 1 saturated carbocycles. The molecule has 5 nitrogen and oxygen atoms in total. The Morgan fingerprint density at radius 1 is 1.11 bits per heavy atom. The molecule has 0 saturated heterocycles. The van der Waals surface area contributed by atoms with Crippen LogP contribution in [-0.4, -0.2) is 45.3 Å². The van der Waals surface area contributed by atoms with Crippen molar-refractivity contribution in [3.05, 3.63) is 59.9 Å². The number of hydrogen-bond donors (Lipinski definition) is 0. The maximum atomic E-state index is 13.1. The summed E-state index contributed by atoms with van der Waals surface area (Å²) in [5.74, 6) is 0.253. The van der Waals surface area contributed by atoms with E-state index in [2.05, 4.69) is 13.8 Å². The van der Waals surface area contributed by atoms with Crippen molar-refractivity contribution in [1.29, 1.82) is 0 Å². The van der Waals surface area contributed by atoms with Gasteiger partial charge in [0.1, 0.15) is 6.54 Å². The van der Waals surface area contributed by atoms with Gasteiger partial charge in [0.2, 0.25) is 5.91 Å². The Labute approximate surface area is 161 Å². The maximum absolute atomic E-state index is 13.1. The molecule has 27 heavy (non-hydrogen) atoms. The van der Waals surface area contributed by atoms with Gasteiger partial charge >= 0.3 is 0 Å². The number of carbonyl (C=O) groups excluding carboxylic acids is 2. The minimum atomic E-state index is -0.0766. The van der Waals surface area contributed by atoms with Crippen LogP contribution in [0.25, 0.3) is 0 Å². The van der Waals surface area contributed by atoms with Crippen LogP contribution < -0.4 is 0 Å². The van der Waals surface area contributed by atoms with E-state index >= 15 is 0 Å². The number of benzene rings is 1. The van der Waals surface area contributed by atoms with Gasteiger partial charge in [-0.3, -0.25) is 9.59 Å². The van der Waals surface area contributed by atoms with E-state index in [0.717, 1.165) is 18.5 Å². The Hall–Kier alpha value is -2.56. The number of hydrogen-bond acceptors (Lipinski definition) is 2. The third-order valence-electron chi connectivity index (χ3n) is 4.91. The summed E-state index contributed by atoms with van der Waals surface area (Å²) >= 11 is 0. The molecule has 3 rings (SSSR count). The van der Waals surface area contributed by atoms with Crippen molar-refractivity contribution in [2.45, 2.75) is 39.3 Å². The van der Waals surface area contributed by atoms with Gasteiger partial charge in [0.15, 0.2) is 0 Å². The van der Waals surface area contributed by atoms with Crippen LogP contribution in [0.2, 0.25) is 0 Å². The Kier molecular flexibility index (Phi) is 5.99. The SMILES string of the molecule is CC(C)CN(CC(=O)N(Cc1cccn1C)C1CC1)C(=O)c1ccccc1. The molecule has 2 aromatic rings. The van der Waals surface area contributed by atoms with E-state index in [1.54, 1.807) is 4.90 Å². The van der Waals surface area contributed by atoms with Crippen LogP contribution in [0.5, 0.6) is 0 Å². The molecule has 1 heterocycles. The minimum Gasteiger partial charge on any atom is -0.353 e. The summed E-state index contributed by atoms with van der Waals surface area (Å²) in [6.07, 6.45) is 4.09. The topological polar surface area (TPSA) is 45.6 Å². The second-order valence-electron chi connectivity index (χ2n) is 7.81. The van der Waals surface area contributed by atoms with Gasteiger partial charge < -0.3 is 14.4 Å². The Balaban J connectivity index is 1.74. The molecule has 1 fully saturated rings. The van der Waals surface area contributed by atoms with Gasteiger partial charge in [-0.15, -0.1) is 0 Å². The van der Waals surface area contributed by atoms with Crippen LogP contribution in [0.3, 0.4) is 0 Å². The van der Waals surface area contributed by atoms with E-state index in [4.69, 9.17) is 0 Å². The average molecular weight is 367 g/mol. The number of nitrogens with zero attached hydrogens (tertiary/aromatic N) is 3. The molecule has 0 N–H and O–H groups in total. The lowest BCUT2D eigenvalue weighted by Crippen LogP contribution is -2.45. The standard InChI is InChI=1S/C22H29N3O2/c1-17(2)14-24(22(27)18-8-5-4-6-9-18)16-21(26)25(19-11-12-19)15-20-10-7-13-23(20)3/h4-10,13,17,19H,11-12,14-16H2,1-3H3. The molecule has 0 aliphatic heterocycles. The summed E-state index contributed by atoms with van der Waals surface area (Å²) in [6.45, 7) is 5.44. The van der Waals surface area contributed by atoms with Crippen LogP contribution >= 0.6 is 0 Å². The molecule has 0 radical (unpaired) electrons. The van der Waals surface area contributed by atoms with E-state index in [1.807, 2.05) is 65.2 Å². The van der Waals surface area contributed by atoms with E-state index in [0.29, 0.717) is 30.6 Å². The van der Waals surface area contributed by atoms with Crippen molar-refractivity contribution in [3.8, 4) is 0 Å². The van der Waals surface area contributed by atoms with Crippen LogP contribution in [0.1, 0.15) is 42.7 Å². The lowest BCUT2D eigenvalue weighted by atomic mass is 10.1. The van der Waals surface area contributed by atoms with Crippen LogP contribution in [-0.2, 0) is 18.4 Å². The highest BCUT2D eigenvalue weighted by Crippen LogP contribution is 2.28. The first-order chi connectivity index (χ1) is 13.0. The predicted octanol–water partition coefficient (Wildman–Crippen LogP) is 3.31. The summed E-state index contributed by atoms with van der Waals surface area (Å²) < 4.78 is 2.05. The highest BCUT2D eigenvalue weighted by molar-refractivity contribution is 5.96. The minimum absolute atomic E-state index is 0.0311. The van der Waals surface area contributed by atoms with Crippen LogP contribution in [0.15, 0.2) is 48.7 Å². The molecule has 1 aliphatic carbocycles. The zero-order valence-electron chi connectivity index (χ0n) is 16.5. The Morgan fingerprint density at radius 3 is 2.37 bits per heavy atom. The zero-order chi connectivity index (χ0) is 19.4. The van der Waals surface area contributed by atoms with Gasteiger partial charge in [0.25, 0.3) is 5.91 Å². The number of aromatic nitrogens is 1. The van der Waals surface area contributed by atoms with E-state index in [1.165, 1.54) is 0 Å². The van der Waals surface area contributed by atoms with Gasteiger partial charge in [0.05, 0.1) is 6.54 Å². The molecule has 0 atom stereocenters. The molecule has 1 aromatic heterocycles. The first-order valence-electron chi connectivity index (χ1n) is 9.69. The zero-order valence-corrected chi connectivity index (χ0v) is 16.5. The monoisotopic (exact) mass is 367 g/mol. The lowest BCUT2D eigenvalue weighted by Gasteiger charge is -2.29. The largest absolute Gasteiger partial charge is 0.353 e. The van der Waals surface area contributed by atoms with E-state index < -0.39 is 0 Å². The second kappa shape index (κ2) is 8.42. The molecular weight excluding hydrogens is 338 g/mol. The molecule has 0 spiro atoms. The second-order valence-corrected chi connectivity index (χ2v) is 7.81. The van der Waals surface area contributed by atoms with Crippen molar-refractivity contribution in [2.75, 3.05) is 13.1 Å². The summed E-state index contributed by atoms with van der Waals surface area (Å²) in [4.78, 5) is 29.7. The van der Waals surface area contributed by atoms with Crippen molar-refractivity contribution < 1.29 is 9.59 Å². The fourth-order valence-electron chi connectivity index (χ4n) is 3.32. The average Bonchev–Trinajstić information content (AvgIpc) is 3.41. The van der Waals surface area contributed by atoms with Gasteiger partial charge in [-0.05, 0) is 43.0 Å². The number of aryl methyl sites for hydroxylation is 1. The van der Waals surface area contributed by atoms with Gasteiger partial charge in [-0.1, -0.05) is 32.0 Å². The third-order valence-corrected chi connectivity index (χ3v) is 4.91. The van der Waals surface area contributed by atoms with Crippen molar-refractivity contribution in [1.82, 2.24) is 14.4 Å². The molecular formula is C22H29N3O2. The van der Waals surface area contributed by atoms with Crippen molar-refractivity contribution in [2.24, 2.45) is 13.0 Å². The summed E-state index contributed by atoms with van der Waals surface area (Å²) in [6, 6.07) is 13.6. The first-order valence-corrected chi connectivity index (χ1v) is 9.69. The molecule has 1 aliphatic rings. The van der Waals surface area contributed by atoms with Crippen LogP contribution in [0.4, 0.5) is 0 Å².